The highest BCUT2D eigenvalue weighted by molar-refractivity contribution is 8.00. The van der Waals surface area contributed by atoms with Gasteiger partial charge in [-0.2, -0.15) is 11.8 Å². The topological polar surface area (TPSA) is 66.4 Å². The summed E-state index contributed by atoms with van der Waals surface area (Å²) in [6, 6.07) is 0. The normalized spacial score (nSPS) is 24.7. The van der Waals surface area contributed by atoms with Gasteiger partial charge >= 0.3 is 5.97 Å². The van der Waals surface area contributed by atoms with Crippen molar-refractivity contribution in [2.45, 2.75) is 31.1 Å². The van der Waals surface area contributed by atoms with Crippen LogP contribution in [0.15, 0.2) is 0 Å². The first-order valence-electron chi connectivity index (χ1n) is 5.20. The van der Waals surface area contributed by atoms with Crippen molar-refractivity contribution in [2.75, 3.05) is 17.3 Å². The van der Waals surface area contributed by atoms with Gasteiger partial charge in [0.15, 0.2) is 0 Å². The van der Waals surface area contributed by atoms with Crippen LogP contribution in [-0.2, 0) is 9.59 Å². The number of thioether (sulfide) groups is 2. The van der Waals surface area contributed by atoms with Gasteiger partial charge in [-0.25, -0.2) is 4.79 Å². The number of aliphatic carboxylic acids is 1. The molecule has 1 amide bonds. The Morgan fingerprint density at radius 3 is 2.69 bits per heavy atom. The van der Waals surface area contributed by atoms with E-state index < -0.39 is 11.5 Å². The first kappa shape index (κ1) is 13.7. The monoisotopic (exact) mass is 263 g/mol. The van der Waals surface area contributed by atoms with Crippen molar-refractivity contribution < 1.29 is 14.7 Å². The van der Waals surface area contributed by atoms with Crippen LogP contribution in [0.3, 0.4) is 0 Å². The quantitative estimate of drug-likeness (QED) is 0.780. The zero-order valence-corrected chi connectivity index (χ0v) is 11.1. The Morgan fingerprint density at radius 1 is 1.56 bits per heavy atom. The first-order valence-corrected chi connectivity index (χ1v) is 7.40. The fourth-order valence-corrected chi connectivity index (χ4v) is 3.31. The minimum atomic E-state index is -1.03. The molecule has 1 unspecified atom stereocenters. The Bertz CT molecular complexity index is 275. The number of carboxylic acids is 1. The molecule has 1 rings (SSSR count). The molecule has 0 bridgehead atoms. The molecule has 0 saturated carbocycles. The summed E-state index contributed by atoms with van der Waals surface area (Å²) in [5.74, 6) is 0.505. The van der Waals surface area contributed by atoms with Crippen molar-refractivity contribution >= 4 is 35.4 Å². The van der Waals surface area contributed by atoms with E-state index in [4.69, 9.17) is 5.11 Å². The summed E-state index contributed by atoms with van der Waals surface area (Å²) >= 11 is 3.09. The highest BCUT2D eigenvalue weighted by Crippen LogP contribution is 2.28. The van der Waals surface area contributed by atoms with Crippen molar-refractivity contribution in [3.8, 4) is 0 Å². The molecule has 0 spiro atoms. The molecule has 6 heteroatoms. The molecule has 16 heavy (non-hydrogen) atoms. The minimum absolute atomic E-state index is 0.177. The molecule has 0 radical (unpaired) electrons. The Hall–Kier alpha value is -0.360. The number of carboxylic acid groups (broad SMARTS) is 1. The molecule has 0 aromatic heterocycles. The van der Waals surface area contributed by atoms with E-state index in [2.05, 4.69) is 5.32 Å². The molecule has 1 heterocycles. The zero-order valence-electron chi connectivity index (χ0n) is 9.49. The molecule has 1 saturated heterocycles. The molecule has 4 nitrogen and oxygen atoms in total. The van der Waals surface area contributed by atoms with Gasteiger partial charge < -0.3 is 10.4 Å². The lowest BCUT2D eigenvalue weighted by atomic mass is 9.99. The van der Waals surface area contributed by atoms with E-state index in [1.54, 1.807) is 11.8 Å². The van der Waals surface area contributed by atoms with Gasteiger partial charge in [0.1, 0.15) is 5.54 Å². The van der Waals surface area contributed by atoms with Gasteiger partial charge in [-0.3, -0.25) is 4.79 Å². The highest BCUT2D eigenvalue weighted by Gasteiger charge is 2.43. The van der Waals surface area contributed by atoms with Gasteiger partial charge in [0.25, 0.3) is 0 Å². The third-order valence-electron chi connectivity index (χ3n) is 2.36. The lowest BCUT2D eigenvalue weighted by Gasteiger charge is -2.24. The van der Waals surface area contributed by atoms with Crippen molar-refractivity contribution in [3.05, 3.63) is 0 Å². The molecule has 2 N–H and O–H groups in total. The van der Waals surface area contributed by atoms with E-state index in [1.807, 2.05) is 13.8 Å². The average Bonchev–Trinajstić information content (AvgIpc) is 2.64. The largest absolute Gasteiger partial charge is 0.479 e. The van der Waals surface area contributed by atoms with Gasteiger partial charge in [0.05, 0.1) is 5.75 Å². The molecule has 0 aromatic rings. The highest BCUT2D eigenvalue weighted by atomic mass is 32.2. The molecular weight excluding hydrogens is 246 g/mol. The van der Waals surface area contributed by atoms with Crippen LogP contribution in [0.5, 0.6) is 0 Å². The van der Waals surface area contributed by atoms with Crippen molar-refractivity contribution in [1.82, 2.24) is 5.32 Å². The van der Waals surface area contributed by atoms with Crippen LogP contribution in [0.1, 0.15) is 20.3 Å². The van der Waals surface area contributed by atoms with Gasteiger partial charge in [0.2, 0.25) is 5.91 Å². The number of carbonyl (C=O) groups is 2. The van der Waals surface area contributed by atoms with Crippen LogP contribution in [0.4, 0.5) is 0 Å². The average molecular weight is 263 g/mol. The lowest BCUT2D eigenvalue weighted by molar-refractivity contribution is -0.146. The molecule has 1 fully saturated rings. The van der Waals surface area contributed by atoms with Crippen molar-refractivity contribution in [3.63, 3.8) is 0 Å². The number of rotatable bonds is 5. The maximum Gasteiger partial charge on any atom is 0.330 e. The second kappa shape index (κ2) is 5.82. The third-order valence-corrected chi connectivity index (χ3v) is 4.64. The SMILES string of the molecule is CC(C)SCC(=O)NC1(C(=O)O)CCSC1. The third kappa shape index (κ3) is 3.59. The Balaban J connectivity index is 2.49. The second-order valence-electron chi connectivity index (χ2n) is 4.10. The molecule has 1 aliphatic rings. The number of hydrogen-bond acceptors (Lipinski definition) is 4. The zero-order chi connectivity index (χ0) is 12.2. The summed E-state index contributed by atoms with van der Waals surface area (Å²) in [5, 5.41) is 12.2. The molecule has 0 aliphatic carbocycles. The number of carbonyl (C=O) groups excluding carboxylic acids is 1. The summed E-state index contributed by atoms with van der Waals surface area (Å²) in [6.07, 6.45) is 0.519. The minimum Gasteiger partial charge on any atom is -0.479 e. The van der Waals surface area contributed by atoms with Gasteiger partial charge in [-0.15, -0.1) is 11.8 Å². The predicted octanol–water partition coefficient (Wildman–Crippen LogP) is 1.20. The maximum absolute atomic E-state index is 11.6. The molecule has 1 aliphatic heterocycles. The van der Waals surface area contributed by atoms with Gasteiger partial charge in [-0.1, -0.05) is 13.8 Å². The van der Waals surface area contributed by atoms with Crippen LogP contribution < -0.4 is 5.32 Å². The lowest BCUT2D eigenvalue weighted by Crippen LogP contribution is -2.55. The standard InChI is InChI=1S/C10H17NO3S2/c1-7(2)16-5-8(12)11-10(9(13)14)3-4-15-6-10/h7H,3-6H2,1-2H3,(H,11,12)(H,13,14). The van der Waals surface area contributed by atoms with Gasteiger partial charge in [-0.05, 0) is 17.4 Å². The maximum atomic E-state index is 11.6. The molecule has 1 atom stereocenters. The van der Waals surface area contributed by atoms with Crippen molar-refractivity contribution in [2.24, 2.45) is 0 Å². The summed E-state index contributed by atoms with van der Waals surface area (Å²) in [4.78, 5) is 22.8. The van der Waals surface area contributed by atoms with E-state index in [-0.39, 0.29) is 5.91 Å². The second-order valence-corrected chi connectivity index (χ2v) is 6.77. The van der Waals surface area contributed by atoms with E-state index >= 15 is 0 Å². The first-order chi connectivity index (χ1) is 7.46. The molecule has 0 aromatic carbocycles. The number of nitrogens with one attached hydrogen (secondary N) is 1. The van der Waals surface area contributed by atoms with Crippen molar-refractivity contribution in [1.29, 1.82) is 0 Å². The fraction of sp³-hybridized carbons (Fsp3) is 0.800. The van der Waals surface area contributed by atoms with Crippen LogP contribution in [0.2, 0.25) is 0 Å². The number of amides is 1. The summed E-state index contributed by atoms with van der Waals surface area (Å²) < 4.78 is 0. The Labute approximate surface area is 104 Å². The fourth-order valence-electron chi connectivity index (χ4n) is 1.43. The predicted molar refractivity (Wildman–Crippen MR) is 68.0 cm³/mol. The van der Waals surface area contributed by atoms with Crippen LogP contribution >= 0.6 is 23.5 Å². The molecule has 92 valence electrons. The van der Waals surface area contributed by atoms with Crippen LogP contribution in [-0.4, -0.2) is 45.0 Å². The molecular formula is C10H17NO3S2. The summed E-state index contributed by atoms with van der Waals surface area (Å²) in [5.41, 5.74) is -1.03. The van der Waals surface area contributed by atoms with Crippen LogP contribution in [0.25, 0.3) is 0 Å². The van der Waals surface area contributed by atoms with E-state index in [0.29, 0.717) is 23.2 Å². The Morgan fingerprint density at radius 2 is 2.25 bits per heavy atom. The Kier molecular flexibility index (Phi) is 4.98. The van der Waals surface area contributed by atoms with Crippen LogP contribution in [0, 0.1) is 0 Å². The number of hydrogen-bond donors (Lipinski definition) is 2. The van der Waals surface area contributed by atoms with E-state index in [9.17, 15) is 9.59 Å². The van der Waals surface area contributed by atoms with E-state index in [0.717, 1.165) is 5.75 Å². The van der Waals surface area contributed by atoms with E-state index in [1.165, 1.54) is 11.8 Å². The smallest absolute Gasteiger partial charge is 0.330 e. The summed E-state index contributed by atoms with van der Waals surface area (Å²) in [7, 11) is 0. The van der Waals surface area contributed by atoms with Gasteiger partial charge in [0, 0.05) is 5.75 Å². The summed E-state index contributed by atoms with van der Waals surface area (Å²) in [6.45, 7) is 4.02.